The molecular formula is C18H20ClN3O3S. The molecular weight excluding hydrogens is 374 g/mol. The van der Waals surface area contributed by atoms with E-state index in [4.69, 9.17) is 11.6 Å². The van der Waals surface area contributed by atoms with Gasteiger partial charge in [-0.2, -0.15) is 4.31 Å². The minimum atomic E-state index is -3.70. The molecule has 0 saturated carbocycles. The lowest BCUT2D eigenvalue weighted by atomic mass is 10.2. The molecule has 2 aromatic carbocycles. The van der Waals surface area contributed by atoms with Crippen molar-refractivity contribution in [3.8, 4) is 0 Å². The maximum absolute atomic E-state index is 13.1. The lowest BCUT2D eigenvalue weighted by Gasteiger charge is -2.21. The Bertz CT molecular complexity index is 1120. The standard InChI is InChI=1S/C18H20ClN3O3S/c1-4-22(12-13-5-7-14(19)8-6-13)26(24,25)15-9-10-16-17(11-15)21(3)18(23)20(16)2/h5-11H,4,12H2,1-3H3. The van der Waals surface area contributed by atoms with E-state index in [1.165, 1.54) is 13.4 Å². The summed E-state index contributed by atoms with van der Waals surface area (Å²) in [7, 11) is -0.400. The Morgan fingerprint density at radius 2 is 1.62 bits per heavy atom. The van der Waals surface area contributed by atoms with Gasteiger partial charge in [0, 0.05) is 32.2 Å². The summed E-state index contributed by atoms with van der Waals surface area (Å²) in [6.07, 6.45) is 0. The molecule has 0 atom stereocenters. The van der Waals surface area contributed by atoms with Crippen LogP contribution in [0, 0.1) is 0 Å². The van der Waals surface area contributed by atoms with Crippen LogP contribution in [0.15, 0.2) is 52.2 Å². The van der Waals surface area contributed by atoms with Crippen LogP contribution in [0.2, 0.25) is 5.02 Å². The molecule has 0 N–H and O–H groups in total. The number of aryl methyl sites for hydroxylation is 2. The van der Waals surface area contributed by atoms with Crippen LogP contribution in [0.1, 0.15) is 12.5 Å². The number of halogens is 1. The smallest absolute Gasteiger partial charge is 0.295 e. The van der Waals surface area contributed by atoms with Gasteiger partial charge in [-0.15, -0.1) is 0 Å². The Balaban J connectivity index is 2.02. The molecule has 0 aliphatic carbocycles. The molecule has 3 aromatic rings. The van der Waals surface area contributed by atoms with Gasteiger partial charge in [-0.25, -0.2) is 13.2 Å². The van der Waals surface area contributed by atoms with E-state index in [2.05, 4.69) is 0 Å². The van der Waals surface area contributed by atoms with Crippen LogP contribution in [0.3, 0.4) is 0 Å². The molecule has 26 heavy (non-hydrogen) atoms. The monoisotopic (exact) mass is 393 g/mol. The molecule has 0 aliphatic heterocycles. The average molecular weight is 394 g/mol. The fraction of sp³-hybridized carbons (Fsp3) is 0.278. The molecule has 6 nitrogen and oxygen atoms in total. The third-order valence-electron chi connectivity index (χ3n) is 4.51. The number of hydrogen-bond donors (Lipinski definition) is 0. The molecule has 0 saturated heterocycles. The summed E-state index contributed by atoms with van der Waals surface area (Å²) in [5.74, 6) is 0. The molecule has 0 aliphatic rings. The molecule has 0 amide bonds. The average Bonchev–Trinajstić information content (AvgIpc) is 2.85. The first-order valence-corrected chi connectivity index (χ1v) is 9.97. The zero-order valence-corrected chi connectivity index (χ0v) is 16.4. The number of nitrogens with zero attached hydrogens (tertiary/aromatic N) is 3. The number of benzene rings is 2. The molecule has 0 unspecified atom stereocenters. The fourth-order valence-electron chi connectivity index (χ4n) is 2.96. The van der Waals surface area contributed by atoms with Crippen LogP contribution < -0.4 is 5.69 Å². The number of aromatic nitrogens is 2. The highest BCUT2D eigenvalue weighted by atomic mass is 35.5. The molecule has 1 heterocycles. The second-order valence-electron chi connectivity index (χ2n) is 6.11. The lowest BCUT2D eigenvalue weighted by Crippen LogP contribution is -2.30. The van der Waals surface area contributed by atoms with E-state index in [-0.39, 0.29) is 17.1 Å². The van der Waals surface area contributed by atoms with Crippen molar-refractivity contribution < 1.29 is 8.42 Å². The van der Waals surface area contributed by atoms with Gasteiger partial charge in [0.25, 0.3) is 0 Å². The Labute approximate surface area is 157 Å². The van der Waals surface area contributed by atoms with E-state index >= 15 is 0 Å². The normalized spacial score (nSPS) is 12.2. The van der Waals surface area contributed by atoms with E-state index in [0.29, 0.717) is 22.6 Å². The Kier molecular flexibility index (Phi) is 4.96. The lowest BCUT2D eigenvalue weighted by molar-refractivity contribution is 0.423. The highest BCUT2D eigenvalue weighted by Gasteiger charge is 2.24. The minimum absolute atomic E-state index is 0.169. The van der Waals surface area contributed by atoms with E-state index in [0.717, 1.165) is 5.56 Å². The second-order valence-corrected chi connectivity index (χ2v) is 8.48. The Hall–Kier alpha value is -2.09. The Morgan fingerprint density at radius 1 is 1.00 bits per heavy atom. The molecule has 1 aromatic heterocycles. The van der Waals surface area contributed by atoms with Crippen LogP contribution in [0.4, 0.5) is 0 Å². The zero-order chi connectivity index (χ0) is 19.1. The van der Waals surface area contributed by atoms with Gasteiger partial charge in [0.05, 0.1) is 15.9 Å². The van der Waals surface area contributed by atoms with Gasteiger partial charge in [-0.1, -0.05) is 30.7 Å². The number of rotatable bonds is 5. The quantitative estimate of drug-likeness (QED) is 0.669. The summed E-state index contributed by atoms with van der Waals surface area (Å²) < 4.78 is 30.5. The number of hydrogen-bond acceptors (Lipinski definition) is 3. The highest BCUT2D eigenvalue weighted by Crippen LogP contribution is 2.23. The van der Waals surface area contributed by atoms with Gasteiger partial charge in [0.1, 0.15) is 0 Å². The molecule has 138 valence electrons. The fourth-order valence-corrected chi connectivity index (χ4v) is 4.54. The second kappa shape index (κ2) is 6.90. The maximum atomic E-state index is 13.1. The third-order valence-corrected chi connectivity index (χ3v) is 6.67. The van der Waals surface area contributed by atoms with Gasteiger partial charge in [0.15, 0.2) is 0 Å². The number of imidazole rings is 1. The van der Waals surface area contributed by atoms with Gasteiger partial charge >= 0.3 is 5.69 Å². The van der Waals surface area contributed by atoms with Crippen molar-refractivity contribution in [2.45, 2.75) is 18.4 Å². The first kappa shape index (κ1) is 18.7. The predicted octanol–water partition coefficient (Wildman–Crippen LogP) is 2.74. The van der Waals surface area contributed by atoms with Gasteiger partial charge < -0.3 is 0 Å². The van der Waals surface area contributed by atoms with Crippen molar-refractivity contribution in [1.29, 1.82) is 0 Å². The predicted molar refractivity (Wildman–Crippen MR) is 103 cm³/mol. The van der Waals surface area contributed by atoms with E-state index < -0.39 is 10.0 Å². The van der Waals surface area contributed by atoms with Crippen LogP contribution in [0.25, 0.3) is 11.0 Å². The van der Waals surface area contributed by atoms with Gasteiger partial charge in [-0.3, -0.25) is 9.13 Å². The summed E-state index contributed by atoms with van der Waals surface area (Å²) in [4.78, 5) is 12.2. The molecule has 0 spiro atoms. The van der Waals surface area contributed by atoms with Crippen molar-refractivity contribution in [3.63, 3.8) is 0 Å². The summed E-state index contributed by atoms with van der Waals surface area (Å²) in [5.41, 5.74) is 1.94. The van der Waals surface area contributed by atoms with Gasteiger partial charge in [-0.05, 0) is 35.9 Å². The number of fused-ring (bicyclic) bond motifs is 1. The maximum Gasteiger partial charge on any atom is 0.328 e. The number of sulfonamides is 1. The summed E-state index contributed by atoms with van der Waals surface area (Å²) in [5, 5.41) is 0.607. The molecule has 0 radical (unpaired) electrons. The molecule has 0 fully saturated rings. The van der Waals surface area contributed by atoms with Crippen molar-refractivity contribution in [3.05, 3.63) is 63.5 Å². The summed E-state index contributed by atoms with van der Waals surface area (Å²) in [6.45, 7) is 2.38. The highest BCUT2D eigenvalue weighted by molar-refractivity contribution is 7.89. The van der Waals surface area contributed by atoms with Crippen molar-refractivity contribution in [2.24, 2.45) is 14.1 Å². The van der Waals surface area contributed by atoms with E-state index in [1.54, 1.807) is 51.4 Å². The first-order valence-electron chi connectivity index (χ1n) is 8.15. The van der Waals surface area contributed by atoms with Crippen LogP contribution >= 0.6 is 11.6 Å². The minimum Gasteiger partial charge on any atom is -0.295 e. The summed E-state index contributed by atoms with van der Waals surface area (Å²) >= 11 is 5.89. The van der Waals surface area contributed by atoms with Crippen molar-refractivity contribution in [1.82, 2.24) is 13.4 Å². The molecule has 3 rings (SSSR count). The first-order chi connectivity index (χ1) is 12.3. The van der Waals surface area contributed by atoms with E-state index in [1.807, 2.05) is 12.1 Å². The zero-order valence-electron chi connectivity index (χ0n) is 14.8. The SMILES string of the molecule is CCN(Cc1ccc(Cl)cc1)S(=O)(=O)c1ccc2c(c1)n(C)c(=O)n2C. The summed E-state index contributed by atoms with van der Waals surface area (Å²) in [6, 6.07) is 11.9. The van der Waals surface area contributed by atoms with Gasteiger partial charge in [0.2, 0.25) is 10.0 Å². The molecule has 8 heteroatoms. The largest absolute Gasteiger partial charge is 0.328 e. The topological polar surface area (TPSA) is 64.3 Å². The molecule has 0 bridgehead atoms. The van der Waals surface area contributed by atoms with Crippen molar-refractivity contribution in [2.75, 3.05) is 6.54 Å². The Morgan fingerprint density at radius 3 is 2.23 bits per heavy atom. The van der Waals surface area contributed by atoms with Crippen molar-refractivity contribution >= 4 is 32.7 Å². The van der Waals surface area contributed by atoms with E-state index in [9.17, 15) is 13.2 Å². The third kappa shape index (κ3) is 3.18. The van der Waals surface area contributed by atoms with Crippen LogP contribution in [-0.4, -0.2) is 28.4 Å². The van der Waals surface area contributed by atoms with Crippen LogP contribution in [0.5, 0.6) is 0 Å². The van der Waals surface area contributed by atoms with Crippen LogP contribution in [-0.2, 0) is 30.7 Å².